The molecular formula is C17H33NO. The maximum absolute atomic E-state index is 10.8. The van der Waals surface area contributed by atoms with Gasteiger partial charge in [-0.3, -0.25) is 0 Å². The highest BCUT2D eigenvalue weighted by Gasteiger charge is 2.37. The van der Waals surface area contributed by atoms with E-state index in [0.29, 0.717) is 6.54 Å². The molecule has 2 aliphatic rings. The molecular weight excluding hydrogens is 234 g/mol. The predicted octanol–water partition coefficient (Wildman–Crippen LogP) is 4.01. The smallest absolute Gasteiger partial charge is 0.0611 e. The molecule has 0 radical (unpaired) electrons. The summed E-state index contributed by atoms with van der Waals surface area (Å²) in [6, 6.07) is 0. The van der Waals surface area contributed by atoms with Crippen molar-refractivity contribution < 1.29 is 5.11 Å². The van der Waals surface area contributed by atoms with Crippen LogP contribution in [0, 0.1) is 11.3 Å². The number of aliphatic hydroxyl groups is 1. The SMILES string of the molecule is NCC1(C(O)CC2CCCCC2)CCCCCCC1. The minimum absolute atomic E-state index is 0.0396. The fourth-order valence-corrected chi connectivity index (χ4v) is 4.27. The van der Waals surface area contributed by atoms with Crippen LogP contribution in [0.4, 0.5) is 0 Å². The summed E-state index contributed by atoms with van der Waals surface area (Å²) < 4.78 is 0. The lowest BCUT2D eigenvalue weighted by atomic mass is 9.69. The Morgan fingerprint density at radius 2 is 1.42 bits per heavy atom. The van der Waals surface area contributed by atoms with Crippen LogP contribution in [0.1, 0.15) is 83.5 Å². The Bertz CT molecular complexity index is 240. The Morgan fingerprint density at radius 3 is 2.00 bits per heavy atom. The molecule has 0 bridgehead atoms. The molecule has 0 aromatic carbocycles. The van der Waals surface area contributed by atoms with Crippen LogP contribution >= 0.6 is 0 Å². The molecule has 19 heavy (non-hydrogen) atoms. The van der Waals surface area contributed by atoms with Crippen LogP contribution in [-0.2, 0) is 0 Å². The topological polar surface area (TPSA) is 46.2 Å². The van der Waals surface area contributed by atoms with Gasteiger partial charge < -0.3 is 10.8 Å². The summed E-state index contributed by atoms with van der Waals surface area (Å²) in [7, 11) is 0. The Kier molecular flexibility index (Phi) is 6.15. The molecule has 2 heteroatoms. The predicted molar refractivity (Wildman–Crippen MR) is 81.0 cm³/mol. The first kappa shape index (κ1) is 15.3. The van der Waals surface area contributed by atoms with Gasteiger partial charge in [0.15, 0.2) is 0 Å². The van der Waals surface area contributed by atoms with Crippen LogP contribution in [0.5, 0.6) is 0 Å². The van der Waals surface area contributed by atoms with E-state index in [1.54, 1.807) is 0 Å². The lowest BCUT2D eigenvalue weighted by Crippen LogP contribution is -2.43. The Balaban J connectivity index is 1.92. The zero-order chi connectivity index (χ0) is 13.6. The third kappa shape index (κ3) is 4.19. The van der Waals surface area contributed by atoms with Crippen LogP contribution in [0.2, 0.25) is 0 Å². The van der Waals surface area contributed by atoms with Crippen LogP contribution in [-0.4, -0.2) is 17.8 Å². The number of nitrogens with two attached hydrogens (primary N) is 1. The van der Waals surface area contributed by atoms with Gasteiger partial charge in [0.1, 0.15) is 0 Å². The molecule has 0 aromatic rings. The maximum atomic E-state index is 10.8. The third-order valence-electron chi connectivity index (χ3n) is 5.74. The fourth-order valence-electron chi connectivity index (χ4n) is 4.27. The summed E-state index contributed by atoms with van der Waals surface area (Å²) in [5.41, 5.74) is 6.14. The molecule has 0 aliphatic heterocycles. The zero-order valence-corrected chi connectivity index (χ0v) is 12.6. The highest BCUT2D eigenvalue weighted by Crippen LogP contribution is 2.40. The van der Waals surface area contributed by atoms with Gasteiger partial charge in [0.2, 0.25) is 0 Å². The van der Waals surface area contributed by atoms with Crippen molar-refractivity contribution in [2.75, 3.05) is 6.54 Å². The standard InChI is InChI=1S/C17H33NO/c18-14-17(11-7-2-1-3-8-12-17)16(19)13-15-9-5-4-6-10-15/h15-16,19H,1-14,18H2. The van der Waals surface area contributed by atoms with Gasteiger partial charge in [-0.1, -0.05) is 64.2 Å². The first-order valence-electron chi connectivity index (χ1n) is 8.65. The average molecular weight is 267 g/mol. The number of hydrogen-bond acceptors (Lipinski definition) is 2. The van der Waals surface area contributed by atoms with Crippen LogP contribution < -0.4 is 5.73 Å². The molecule has 2 rings (SSSR count). The highest BCUT2D eigenvalue weighted by molar-refractivity contribution is 4.90. The fraction of sp³-hybridized carbons (Fsp3) is 1.00. The zero-order valence-electron chi connectivity index (χ0n) is 12.6. The Morgan fingerprint density at radius 1 is 0.895 bits per heavy atom. The molecule has 0 spiro atoms. The van der Waals surface area contributed by atoms with Gasteiger partial charge >= 0.3 is 0 Å². The van der Waals surface area contributed by atoms with Crippen molar-refractivity contribution in [1.82, 2.24) is 0 Å². The van der Waals surface area contributed by atoms with Crippen molar-refractivity contribution in [3.8, 4) is 0 Å². The second-order valence-electron chi connectivity index (χ2n) is 7.09. The highest BCUT2D eigenvalue weighted by atomic mass is 16.3. The molecule has 0 aromatic heterocycles. The van der Waals surface area contributed by atoms with E-state index in [2.05, 4.69) is 0 Å². The molecule has 2 saturated carbocycles. The normalized spacial score (nSPS) is 27.5. The molecule has 0 heterocycles. The van der Waals surface area contributed by atoms with Gasteiger partial charge in [-0.25, -0.2) is 0 Å². The van der Waals surface area contributed by atoms with Crippen molar-refractivity contribution in [2.24, 2.45) is 17.1 Å². The monoisotopic (exact) mass is 267 g/mol. The van der Waals surface area contributed by atoms with E-state index in [1.165, 1.54) is 64.2 Å². The van der Waals surface area contributed by atoms with Crippen molar-refractivity contribution in [1.29, 1.82) is 0 Å². The summed E-state index contributed by atoms with van der Waals surface area (Å²) in [5, 5.41) is 10.8. The molecule has 2 nitrogen and oxygen atoms in total. The molecule has 3 N–H and O–H groups in total. The van der Waals surface area contributed by atoms with Crippen LogP contribution in [0.3, 0.4) is 0 Å². The van der Waals surface area contributed by atoms with E-state index >= 15 is 0 Å². The van der Waals surface area contributed by atoms with Gasteiger partial charge in [-0.2, -0.15) is 0 Å². The largest absolute Gasteiger partial charge is 0.392 e. The summed E-state index contributed by atoms with van der Waals surface area (Å²) >= 11 is 0. The second-order valence-corrected chi connectivity index (χ2v) is 7.09. The van der Waals surface area contributed by atoms with Crippen molar-refractivity contribution in [2.45, 2.75) is 89.6 Å². The number of rotatable bonds is 4. The molecule has 112 valence electrons. The first-order chi connectivity index (χ1) is 9.27. The molecule has 1 atom stereocenters. The summed E-state index contributed by atoms with van der Waals surface area (Å²) in [4.78, 5) is 0. The number of aliphatic hydroxyl groups excluding tert-OH is 1. The lowest BCUT2D eigenvalue weighted by Gasteiger charge is -2.40. The molecule has 1 unspecified atom stereocenters. The summed E-state index contributed by atoms with van der Waals surface area (Å²) in [5.74, 6) is 0.762. The lowest BCUT2D eigenvalue weighted by molar-refractivity contribution is -0.00950. The van der Waals surface area contributed by atoms with E-state index in [4.69, 9.17) is 5.73 Å². The van der Waals surface area contributed by atoms with E-state index in [9.17, 15) is 5.11 Å². The third-order valence-corrected chi connectivity index (χ3v) is 5.74. The van der Waals surface area contributed by atoms with E-state index < -0.39 is 0 Å². The van der Waals surface area contributed by atoms with Gasteiger partial charge in [0.25, 0.3) is 0 Å². The molecule has 2 aliphatic carbocycles. The van der Waals surface area contributed by atoms with Gasteiger partial charge in [-0.05, 0) is 25.2 Å². The molecule has 0 saturated heterocycles. The summed E-state index contributed by atoms with van der Waals surface area (Å²) in [6.45, 7) is 0.681. The minimum Gasteiger partial charge on any atom is -0.392 e. The maximum Gasteiger partial charge on any atom is 0.0611 e. The van der Waals surface area contributed by atoms with E-state index in [1.807, 2.05) is 0 Å². The van der Waals surface area contributed by atoms with E-state index in [-0.39, 0.29) is 11.5 Å². The van der Waals surface area contributed by atoms with Crippen molar-refractivity contribution in [3.05, 3.63) is 0 Å². The summed E-state index contributed by atoms with van der Waals surface area (Å²) in [6.07, 6.45) is 16.5. The second kappa shape index (κ2) is 7.64. The van der Waals surface area contributed by atoms with Gasteiger partial charge in [0.05, 0.1) is 6.10 Å². The van der Waals surface area contributed by atoms with E-state index in [0.717, 1.165) is 25.2 Å². The Labute approximate surface area is 119 Å². The quantitative estimate of drug-likeness (QED) is 0.808. The first-order valence-corrected chi connectivity index (χ1v) is 8.65. The average Bonchev–Trinajstić information content (AvgIpc) is 2.40. The minimum atomic E-state index is -0.154. The van der Waals surface area contributed by atoms with Crippen LogP contribution in [0.25, 0.3) is 0 Å². The van der Waals surface area contributed by atoms with Crippen molar-refractivity contribution in [3.63, 3.8) is 0 Å². The van der Waals surface area contributed by atoms with Crippen molar-refractivity contribution >= 4 is 0 Å². The van der Waals surface area contributed by atoms with Crippen LogP contribution in [0.15, 0.2) is 0 Å². The van der Waals surface area contributed by atoms with Gasteiger partial charge in [-0.15, -0.1) is 0 Å². The molecule has 2 fully saturated rings. The number of hydrogen-bond donors (Lipinski definition) is 2. The molecule has 0 amide bonds. The Hall–Kier alpha value is -0.0800. The van der Waals surface area contributed by atoms with Gasteiger partial charge in [0, 0.05) is 12.0 Å².